The Bertz CT molecular complexity index is 889. The Morgan fingerprint density at radius 2 is 1.86 bits per heavy atom. The van der Waals surface area contributed by atoms with E-state index in [0.717, 1.165) is 5.56 Å². The highest BCUT2D eigenvalue weighted by molar-refractivity contribution is 6.44. The molecule has 28 heavy (non-hydrogen) atoms. The lowest BCUT2D eigenvalue weighted by Crippen LogP contribution is -2.28. The zero-order valence-electron chi connectivity index (χ0n) is 14.9. The van der Waals surface area contributed by atoms with Crippen molar-refractivity contribution < 1.29 is 19.1 Å². The molecular weight excluding hydrogens is 403 g/mol. The molecule has 2 aromatic rings. The zero-order valence-corrected chi connectivity index (χ0v) is 16.4. The van der Waals surface area contributed by atoms with Crippen LogP contribution >= 0.6 is 23.2 Å². The molecule has 2 amide bonds. The molecular formula is C20H18Cl2N2O4. The van der Waals surface area contributed by atoms with Gasteiger partial charge < -0.3 is 15.0 Å². The zero-order chi connectivity index (χ0) is 20.1. The van der Waals surface area contributed by atoms with Gasteiger partial charge in [-0.25, -0.2) is 0 Å². The van der Waals surface area contributed by atoms with Gasteiger partial charge in [0.25, 0.3) is 5.91 Å². The maximum atomic E-state index is 12.2. The molecule has 0 aromatic heterocycles. The molecule has 0 spiro atoms. The second-order valence-corrected chi connectivity index (χ2v) is 7.20. The number of halogens is 2. The smallest absolute Gasteiger partial charge is 0.311 e. The first-order valence-corrected chi connectivity index (χ1v) is 9.42. The number of hydrogen-bond donors (Lipinski definition) is 1. The van der Waals surface area contributed by atoms with E-state index in [1.807, 2.05) is 30.3 Å². The Labute approximate surface area is 172 Å². The maximum Gasteiger partial charge on any atom is 0.311 e. The van der Waals surface area contributed by atoms with Gasteiger partial charge in [-0.3, -0.25) is 14.4 Å². The maximum absolute atomic E-state index is 12.2. The van der Waals surface area contributed by atoms with E-state index in [9.17, 15) is 14.4 Å². The number of carbonyl (C=O) groups excluding carboxylic acids is 3. The van der Waals surface area contributed by atoms with Gasteiger partial charge in [0, 0.05) is 19.5 Å². The highest BCUT2D eigenvalue weighted by Gasteiger charge is 2.35. The van der Waals surface area contributed by atoms with Crippen LogP contribution in [0.2, 0.25) is 10.0 Å². The van der Waals surface area contributed by atoms with Gasteiger partial charge in [-0.15, -0.1) is 0 Å². The molecule has 146 valence electrons. The summed E-state index contributed by atoms with van der Waals surface area (Å²) in [5, 5.41) is 3.05. The fraction of sp³-hybridized carbons (Fsp3) is 0.250. The minimum absolute atomic E-state index is 0.0768. The van der Waals surface area contributed by atoms with Crippen LogP contribution in [0.25, 0.3) is 0 Å². The highest BCUT2D eigenvalue weighted by Crippen LogP contribution is 2.29. The molecule has 6 nitrogen and oxygen atoms in total. The molecule has 1 saturated heterocycles. The fourth-order valence-corrected chi connectivity index (χ4v) is 3.28. The van der Waals surface area contributed by atoms with Crippen molar-refractivity contribution in [3.05, 3.63) is 64.1 Å². The van der Waals surface area contributed by atoms with E-state index >= 15 is 0 Å². The van der Waals surface area contributed by atoms with Crippen molar-refractivity contribution in [2.24, 2.45) is 5.92 Å². The molecule has 3 rings (SSSR count). The number of hydrogen-bond acceptors (Lipinski definition) is 4. The lowest BCUT2D eigenvalue weighted by molar-refractivity contribution is -0.151. The number of likely N-dealkylation sites (tertiary alicyclic amines) is 1. The van der Waals surface area contributed by atoms with Crippen molar-refractivity contribution in [3.63, 3.8) is 0 Å². The molecule has 1 heterocycles. The van der Waals surface area contributed by atoms with Crippen LogP contribution in [0.4, 0.5) is 5.69 Å². The molecule has 1 fully saturated rings. The molecule has 1 N–H and O–H groups in total. The first-order chi connectivity index (χ1) is 13.4. The summed E-state index contributed by atoms with van der Waals surface area (Å²) in [6.45, 7) is 0.247. The van der Waals surface area contributed by atoms with Gasteiger partial charge in [0.15, 0.2) is 6.61 Å². The molecule has 8 heteroatoms. The van der Waals surface area contributed by atoms with E-state index in [-0.39, 0.29) is 23.9 Å². The Kier molecular flexibility index (Phi) is 6.54. The normalized spacial score (nSPS) is 16.1. The van der Waals surface area contributed by atoms with Crippen LogP contribution in [0, 0.1) is 5.92 Å². The Hall–Kier alpha value is -2.57. The third kappa shape index (κ3) is 5.03. The van der Waals surface area contributed by atoms with Crippen LogP contribution in [-0.4, -0.2) is 35.8 Å². The summed E-state index contributed by atoms with van der Waals surface area (Å²) in [4.78, 5) is 38.0. The van der Waals surface area contributed by atoms with E-state index in [0.29, 0.717) is 17.3 Å². The third-order valence-electron chi connectivity index (χ3n) is 4.34. The van der Waals surface area contributed by atoms with E-state index in [4.69, 9.17) is 27.9 Å². The number of nitrogens with one attached hydrogen (secondary N) is 1. The van der Waals surface area contributed by atoms with Gasteiger partial charge in [-0.1, -0.05) is 59.6 Å². The molecule has 0 aliphatic carbocycles. The van der Waals surface area contributed by atoms with E-state index in [1.165, 1.54) is 0 Å². The lowest BCUT2D eigenvalue weighted by atomic mass is 10.1. The van der Waals surface area contributed by atoms with Crippen LogP contribution in [0.5, 0.6) is 0 Å². The number of carbonyl (C=O) groups is 3. The van der Waals surface area contributed by atoms with Crippen LogP contribution in [0.3, 0.4) is 0 Å². The quantitative estimate of drug-likeness (QED) is 0.725. The van der Waals surface area contributed by atoms with Gasteiger partial charge in [0.1, 0.15) is 0 Å². The number of amides is 2. The second kappa shape index (κ2) is 9.08. The minimum atomic E-state index is -0.584. The summed E-state index contributed by atoms with van der Waals surface area (Å²) in [5.41, 5.74) is 1.32. The number of nitrogens with zero attached hydrogens (tertiary/aromatic N) is 1. The third-order valence-corrected chi connectivity index (χ3v) is 5.15. The predicted molar refractivity (Wildman–Crippen MR) is 106 cm³/mol. The second-order valence-electron chi connectivity index (χ2n) is 6.42. The number of anilines is 1. The summed E-state index contributed by atoms with van der Waals surface area (Å²) in [7, 11) is 0. The van der Waals surface area contributed by atoms with Crippen LogP contribution in [-0.2, 0) is 25.7 Å². The summed E-state index contributed by atoms with van der Waals surface area (Å²) in [6, 6.07) is 14.4. The number of esters is 1. The van der Waals surface area contributed by atoms with Crippen molar-refractivity contribution in [1.82, 2.24) is 4.90 Å². The standard InChI is InChI=1S/C20H18Cl2N2O4/c21-15-7-4-8-16(19(15)22)23-17(25)12-28-20(27)14-9-18(26)24(11-14)10-13-5-2-1-3-6-13/h1-8,14H,9-12H2,(H,23,25). The van der Waals surface area contributed by atoms with Crippen molar-refractivity contribution in [2.75, 3.05) is 18.5 Å². The number of rotatable bonds is 6. The fourth-order valence-electron chi connectivity index (χ4n) is 2.93. The largest absolute Gasteiger partial charge is 0.455 e. The molecule has 1 atom stereocenters. The van der Waals surface area contributed by atoms with E-state index < -0.39 is 24.4 Å². The Morgan fingerprint density at radius 3 is 2.61 bits per heavy atom. The minimum Gasteiger partial charge on any atom is -0.455 e. The van der Waals surface area contributed by atoms with Crippen molar-refractivity contribution >= 4 is 46.7 Å². The summed E-state index contributed by atoms with van der Waals surface area (Å²) in [6.07, 6.45) is 0.0768. The average molecular weight is 421 g/mol. The molecule has 1 aliphatic rings. The van der Waals surface area contributed by atoms with Crippen molar-refractivity contribution in [3.8, 4) is 0 Å². The van der Waals surface area contributed by atoms with Gasteiger partial charge in [0.05, 0.1) is 21.7 Å². The topological polar surface area (TPSA) is 75.7 Å². The van der Waals surface area contributed by atoms with Crippen molar-refractivity contribution in [2.45, 2.75) is 13.0 Å². The van der Waals surface area contributed by atoms with Crippen molar-refractivity contribution in [1.29, 1.82) is 0 Å². The molecule has 1 aliphatic heterocycles. The summed E-state index contributed by atoms with van der Waals surface area (Å²) in [5.74, 6) is -1.81. The number of benzene rings is 2. The van der Waals surface area contributed by atoms with Crippen LogP contribution in [0.15, 0.2) is 48.5 Å². The average Bonchev–Trinajstić information content (AvgIpc) is 3.05. The van der Waals surface area contributed by atoms with Gasteiger partial charge in [-0.2, -0.15) is 0 Å². The monoisotopic (exact) mass is 420 g/mol. The van der Waals surface area contributed by atoms with E-state index in [1.54, 1.807) is 23.1 Å². The predicted octanol–water partition coefficient (Wildman–Crippen LogP) is 3.52. The van der Waals surface area contributed by atoms with Crippen LogP contribution in [0.1, 0.15) is 12.0 Å². The SMILES string of the molecule is O=C(COC(=O)C1CC(=O)N(Cc2ccccc2)C1)Nc1cccc(Cl)c1Cl. The highest BCUT2D eigenvalue weighted by atomic mass is 35.5. The summed E-state index contributed by atoms with van der Waals surface area (Å²) >= 11 is 11.9. The lowest BCUT2D eigenvalue weighted by Gasteiger charge is -2.16. The molecule has 0 saturated carbocycles. The molecule has 1 unspecified atom stereocenters. The number of ether oxygens (including phenoxy) is 1. The van der Waals surface area contributed by atoms with Gasteiger partial charge in [-0.05, 0) is 17.7 Å². The first-order valence-electron chi connectivity index (χ1n) is 8.66. The Balaban J connectivity index is 1.49. The molecule has 2 aromatic carbocycles. The van der Waals surface area contributed by atoms with Gasteiger partial charge in [0.2, 0.25) is 5.91 Å². The first kappa shape index (κ1) is 20.2. The van der Waals surface area contributed by atoms with Crippen LogP contribution < -0.4 is 5.32 Å². The van der Waals surface area contributed by atoms with Gasteiger partial charge >= 0.3 is 5.97 Å². The Morgan fingerprint density at radius 1 is 1.11 bits per heavy atom. The molecule has 0 radical (unpaired) electrons. The molecule has 0 bridgehead atoms. The summed E-state index contributed by atoms with van der Waals surface area (Å²) < 4.78 is 5.07. The van der Waals surface area contributed by atoms with E-state index in [2.05, 4.69) is 5.32 Å².